The number of rotatable bonds is 3. The third-order valence-corrected chi connectivity index (χ3v) is 4.93. The number of benzene rings is 2. The lowest BCUT2D eigenvalue weighted by atomic mass is 10.1. The maximum Gasteiger partial charge on any atom is 0.269 e. The highest BCUT2D eigenvalue weighted by Crippen LogP contribution is 2.27. The van der Waals surface area contributed by atoms with Gasteiger partial charge in [-0.2, -0.15) is 0 Å². The van der Waals surface area contributed by atoms with E-state index in [1.165, 1.54) is 29.2 Å². The van der Waals surface area contributed by atoms with Gasteiger partial charge in [-0.1, -0.05) is 11.6 Å². The monoisotopic (exact) mass is 387 g/mol. The molecular weight excluding hydrogens is 370 g/mol. The number of nitro groups is 1. The molecule has 0 saturated carbocycles. The Hall–Kier alpha value is -2.93. The fourth-order valence-electron chi connectivity index (χ4n) is 3.20. The zero-order valence-electron chi connectivity index (χ0n) is 14.9. The SMILES string of the molecule is Cc1cc(Cl)ccc1N1CCN(C(=O)c2ccc([N+](=O)[O-])cc2)[C@@H](C)C1=O. The smallest absolute Gasteiger partial charge is 0.269 e. The van der Waals surface area contributed by atoms with Crippen molar-refractivity contribution in [1.82, 2.24) is 4.90 Å². The van der Waals surface area contributed by atoms with Gasteiger partial charge in [-0.3, -0.25) is 19.7 Å². The highest BCUT2D eigenvalue weighted by molar-refractivity contribution is 6.30. The molecule has 0 aromatic heterocycles. The highest BCUT2D eigenvalue weighted by atomic mass is 35.5. The number of nitro benzene ring substituents is 1. The second kappa shape index (κ2) is 7.36. The molecule has 1 atom stereocenters. The van der Waals surface area contributed by atoms with Crippen LogP contribution in [0.3, 0.4) is 0 Å². The minimum absolute atomic E-state index is 0.0845. The van der Waals surface area contributed by atoms with Crippen molar-refractivity contribution in [1.29, 1.82) is 0 Å². The molecule has 1 aliphatic heterocycles. The molecule has 0 bridgehead atoms. The summed E-state index contributed by atoms with van der Waals surface area (Å²) in [5, 5.41) is 11.4. The number of nitrogens with zero attached hydrogens (tertiary/aromatic N) is 3. The van der Waals surface area contributed by atoms with Crippen LogP contribution in [0.25, 0.3) is 0 Å². The summed E-state index contributed by atoms with van der Waals surface area (Å²) in [6, 6.07) is 10.1. The number of piperazine rings is 1. The van der Waals surface area contributed by atoms with E-state index in [9.17, 15) is 19.7 Å². The van der Waals surface area contributed by atoms with Crippen LogP contribution in [0.2, 0.25) is 5.02 Å². The van der Waals surface area contributed by atoms with Crippen LogP contribution in [-0.2, 0) is 4.79 Å². The van der Waals surface area contributed by atoms with E-state index in [1.54, 1.807) is 30.0 Å². The van der Waals surface area contributed by atoms with E-state index in [0.29, 0.717) is 23.7 Å². The summed E-state index contributed by atoms with van der Waals surface area (Å²) in [5.41, 5.74) is 1.90. The average Bonchev–Trinajstić information content (AvgIpc) is 2.64. The maximum atomic E-state index is 12.9. The average molecular weight is 388 g/mol. The number of aryl methyl sites for hydroxylation is 1. The first kappa shape index (κ1) is 18.8. The lowest BCUT2D eigenvalue weighted by Crippen LogP contribution is -2.57. The van der Waals surface area contributed by atoms with Gasteiger partial charge in [0.1, 0.15) is 6.04 Å². The molecule has 7 nitrogen and oxygen atoms in total. The quantitative estimate of drug-likeness (QED) is 0.596. The normalized spacial score (nSPS) is 17.1. The molecule has 2 amide bonds. The Morgan fingerprint density at radius 1 is 1.19 bits per heavy atom. The Bertz CT molecular complexity index is 914. The molecule has 1 saturated heterocycles. The fourth-order valence-corrected chi connectivity index (χ4v) is 3.43. The van der Waals surface area contributed by atoms with Crippen molar-refractivity contribution >= 4 is 34.8 Å². The first-order chi connectivity index (χ1) is 12.8. The number of hydrogen-bond acceptors (Lipinski definition) is 4. The molecule has 2 aromatic rings. The molecule has 0 unspecified atom stereocenters. The van der Waals surface area contributed by atoms with Gasteiger partial charge in [-0.25, -0.2) is 0 Å². The Kier molecular flexibility index (Phi) is 5.14. The fraction of sp³-hybridized carbons (Fsp3) is 0.263. The third kappa shape index (κ3) is 3.64. The van der Waals surface area contributed by atoms with Crippen molar-refractivity contribution in [3.05, 3.63) is 68.7 Å². The van der Waals surface area contributed by atoms with Gasteiger partial charge in [0.25, 0.3) is 11.6 Å². The van der Waals surface area contributed by atoms with Crippen molar-refractivity contribution < 1.29 is 14.5 Å². The van der Waals surface area contributed by atoms with Crippen LogP contribution in [0.1, 0.15) is 22.8 Å². The second-order valence-electron chi connectivity index (χ2n) is 6.40. The van der Waals surface area contributed by atoms with Crippen molar-refractivity contribution in [2.24, 2.45) is 0 Å². The molecule has 1 fully saturated rings. The molecular formula is C19H18ClN3O4. The summed E-state index contributed by atoms with van der Waals surface area (Å²) in [5.74, 6) is -0.500. The molecule has 140 valence electrons. The predicted molar refractivity (Wildman–Crippen MR) is 102 cm³/mol. The molecule has 3 rings (SSSR count). The van der Waals surface area contributed by atoms with E-state index in [1.807, 2.05) is 6.92 Å². The van der Waals surface area contributed by atoms with Gasteiger partial charge in [0.05, 0.1) is 4.92 Å². The van der Waals surface area contributed by atoms with E-state index in [2.05, 4.69) is 0 Å². The van der Waals surface area contributed by atoms with Crippen molar-refractivity contribution in [3.8, 4) is 0 Å². The number of amides is 2. The zero-order valence-corrected chi connectivity index (χ0v) is 15.6. The molecule has 27 heavy (non-hydrogen) atoms. The predicted octanol–water partition coefficient (Wildman–Crippen LogP) is 3.43. The van der Waals surface area contributed by atoms with E-state index in [0.717, 1.165) is 11.3 Å². The Balaban J connectivity index is 1.79. The highest BCUT2D eigenvalue weighted by Gasteiger charge is 2.35. The van der Waals surface area contributed by atoms with Crippen LogP contribution in [-0.4, -0.2) is 40.8 Å². The van der Waals surface area contributed by atoms with E-state index < -0.39 is 11.0 Å². The summed E-state index contributed by atoms with van der Waals surface area (Å²) in [6.45, 7) is 4.30. The maximum absolute atomic E-state index is 12.9. The number of non-ortho nitro benzene ring substituents is 1. The molecule has 0 spiro atoms. The standard InChI is InChI=1S/C19H18ClN3O4/c1-12-11-15(20)5-8-17(12)22-10-9-21(13(2)18(22)24)19(25)14-3-6-16(7-4-14)23(26)27/h3-8,11,13H,9-10H2,1-2H3/t13-/m0/s1. The molecule has 0 N–H and O–H groups in total. The van der Waals surface area contributed by atoms with E-state index >= 15 is 0 Å². The van der Waals surface area contributed by atoms with Gasteiger partial charge in [0.15, 0.2) is 0 Å². The van der Waals surface area contributed by atoms with E-state index in [4.69, 9.17) is 11.6 Å². The van der Waals surface area contributed by atoms with Gasteiger partial charge in [0, 0.05) is 41.5 Å². The van der Waals surface area contributed by atoms with Crippen molar-refractivity contribution in [3.63, 3.8) is 0 Å². The van der Waals surface area contributed by atoms with Gasteiger partial charge < -0.3 is 9.80 Å². The molecule has 0 aliphatic carbocycles. The summed E-state index contributed by atoms with van der Waals surface area (Å²) >= 11 is 5.99. The van der Waals surface area contributed by atoms with Crippen molar-refractivity contribution in [2.45, 2.75) is 19.9 Å². The minimum Gasteiger partial charge on any atom is -0.325 e. The molecule has 0 radical (unpaired) electrons. The Morgan fingerprint density at radius 2 is 1.85 bits per heavy atom. The number of anilines is 1. The number of halogens is 1. The topological polar surface area (TPSA) is 83.8 Å². The summed E-state index contributed by atoms with van der Waals surface area (Å²) < 4.78 is 0. The van der Waals surface area contributed by atoms with Crippen LogP contribution in [0, 0.1) is 17.0 Å². The lowest BCUT2D eigenvalue weighted by Gasteiger charge is -2.39. The van der Waals surface area contributed by atoms with E-state index in [-0.39, 0.29) is 17.5 Å². The summed E-state index contributed by atoms with van der Waals surface area (Å²) in [6.07, 6.45) is 0. The second-order valence-corrected chi connectivity index (χ2v) is 6.84. The van der Waals surface area contributed by atoms with Gasteiger partial charge >= 0.3 is 0 Å². The molecule has 1 aliphatic rings. The van der Waals surface area contributed by atoms with Gasteiger partial charge in [-0.05, 0) is 49.7 Å². The van der Waals surface area contributed by atoms with Crippen LogP contribution < -0.4 is 4.90 Å². The van der Waals surface area contributed by atoms with Crippen molar-refractivity contribution in [2.75, 3.05) is 18.0 Å². The number of carbonyl (C=O) groups is 2. The van der Waals surface area contributed by atoms with Gasteiger partial charge in [0.2, 0.25) is 5.91 Å². The molecule has 1 heterocycles. The third-order valence-electron chi connectivity index (χ3n) is 4.69. The van der Waals surface area contributed by atoms with Crippen LogP contribution in [0.4, 0.5) is 11.4 Å². The van der Waals surface area contributed by atoms with Crippen LogP contribution in [0.15, 0.2) is 42.5 Å². The van der Waals surface area contributed by atoms with Crippen LogP contribution >= 0.6 is 11.6 Å². The minimum atomic E-state index is -0.642. The lowest BCUT2D eigenvalue weighted by molar-refractivity contribution is -0.384. The van der Waals surface area contributed by atoms with Crippen LogP contribution in [0.5, 0.6) is 0 Å². The van der Waals surface area contributed by atoms with Gasteiger partial charge in [-0.15, -0.1) is 0 Å². The number of carbonyl (C=O) groups excluding carboxylic acids is 2. The summed E-state index contributed by atoms with van der Waals surface area (Å²) in [7, 11) is 0. The summed E-state index contributed by atoms with van der Waals surface area (Å²) in [4.78, 5) is 39.0. The Morgan fingerprint density at radius 3 is 2.44 bits per heavy atom. The zero-order chi connectivity index (χ0) is 19.7. The largest absolute Gasteiger partial charge is 0.325 e. The first-order valence-electron chi connectivity index (χ1n) is 8.42. The molecule has 2 aromatic carbocycles. The first-order valence-corrected chi connectivity index (χ1v) is 8.80. The number of hydrogen-bond donors (Lipinski definition) is 0. The molecule has 8 heteroatoms. The Labute approximate surface area is 161 Å².